The summed E-state index contributed by atoms with van der Waals surface area (Å²) < 4.78 is 16.9. The molecular formula is C19H17NO6S. The summed E-state index contributed by atoms with van der Waals surface area (Å²) in [5.41, 5.74) is 1.26. The number of fused-ring (bicyclic) bond motifs is 1. The van der Waals surface area contributed by atoms with Gasteiger partial charge in [-0.2, -0.15) is 0 Å². The maximum atomic E-state index is 12.1. The third kappa shape index (κ3) is 3.97. The molecule has 0 radical (unpaired) electrons. The number of nitro benzene ring substituents is 1. The molecule has 140 valence electrons. The second-order valence-electron chi connectivity index (χ2n) is 6.44. The van der Waals surface area contributed by atoms with Crippen LogP contribution in [0, 0.1) is 17.0 Å². The molecule has 0 spiro atoms. The van der Waals surface area contributed by atoms with Gasteiger partial charge in [0.15, 0.2) is 0 Å². The van der Waals surface area contributed by atoms with Gasteiger partial charge in [-0.15, -0.1) is 0 Å². The number of rotatable bonds is 6. The smallest absolute Gasteiger partial charge is 0.338 e. The van der Waals surface area contributed by atoms with Crippen LogP contribution in [-0.2, 0) is 14.2 Å². The molecule has 2 aliphatic rings. The van der Waals surface area contributed by atoms with Gasteiger partial charge in [0.1, 0.15) is 30.4 Å². The number of nitrogens with zero attached hydrogens (tertiary/aromatic N) is 1. The van der Waals surface area contributed by atoms with Crippen LogP contribution >= 0.6 is 11.8 Å². The molecule has 0 aliphatic carbocycles. The molecule has 0 N–H and O–H groups in total. The Balaban J connectivity index is 1.30. The largest absolute Gasteiger partial charge is 0.459 e. The highest BCUT2D eigenvalue weighted by atomic mass is 32.2. The van der Waals surface area contributed by atoms with Crippen LogP contribution in [-0.4, -0.2) is 41.2 Å². The van der Waals surface area contributed by atoms with Gasteiger partial charge >= 0.3 is 5.97 Å². The molecule has 27 heavy (non-hydrogen) atoms. The molecule has 2 aromatic carbocycles. The molecule has 0 amide bonds. The van der Waals surface area contributed by atoms with Gasteiger partial charge in [0.05, 0.1) is 10.5 Å². The van der Waals surface area contributed by atoms with Gasteiger partial charge in [-0.05, 0) is 31.2 Å². The minimum atomic E-state index is -0.541. The van der Waals surface area contributed by atoms with E-state index < -0.39 is 10.9 Å². The van der Waals surface area contributed by atoms with Crippen LogP contribution in [0.5, 0.6) is 0 Å². The SMILES string of the molecule is Cc1ccc(S[C@H]2O[C@H](COC(=O)c3ccc([N+](=O)[O-])cc3)[C@H]3O[C@H]32)cc1. The molecule has 2 heterocycles. The first-order valence-corrected chi connectivity index (χ1v) is 9.35. The molecule has 2 aromatic rings. The van der Waals surface area contributed by atoms with Crippen LogP contribution < -0.4 is 0 Å². The number of benzene rings is 2. The van der Waals surface area contributed by atoms with Crippen LogP contribution in [0.2, 0.25) is 0 Å². The maximum absolute atomic E-state index is 12.1. The van der Waals surface area contributed by atoms with Crippen molar-refractivity contribution in [1.82, 2.24) is 0 Å². The van der Waals surface area contributed by atoms with Gasteiger partial charge in [0.2, 0.25) is 0 Å². The first-order valence-electron chi connectivity index (χ1n) is 8.47. The van der Waals surface area contributed by atoms with E-state index in [0.717, 1.165) is 4.90 Å². The summed E-state index contributed by atoms with van der Waals surface area (Å²) in [4.78, 5) is 23.4. The summed E-state index contributed by atoms with van der Waals surface area (Å²) in [6.45, 7) is 2.12. The molecule has 4 atom stereocenters. The van der Waals surface area contributed by atoms with Crippen molar-refractivity contribution in [2.75, 3.05) is 6.61 Å². The van der Waals surface area contributed by atoms with Crippen molar-refractivity contribution in [2.45, 2.75) is 35.6 Å². The number of hydrogen-bond donors (Lipinski definition) is 0. The third-order valence-corrected chi connectivity index (χ3v) is 5.63. The van der Waals surface area contributed by atoms with E-state index in [1.165, 1.54) is 29.8 Å². The number of nitro groups is 1. The zero-order chi connectivity index (χ0) is 19.0. The average Bonchev–Trinajstić information content (AvgIpc) is 3.40. The van der Waals surface area contributed by atoms with Gasteiger partial charge in [0.25, 0.3) is 5.69 Å². The number of thioether (sulfide) groups is 1. The molecule has 0 unspecified atom stereocenters. The number of non-ortho nitro benzene ring substituents is 1. The van der Waals surface area contributed by atoms with Crippen LogP contribution in [0.1, 0.15) is 15.9 Å². The molecule has 2 aliphatic heterocycles. The van der Waals surface area contributed by atoms with Crippen LogP contribution in [0.3, 0.4) is 0 Å². The predicted molar refractivity (Wildman–Crippen MR) is 97.7 cm³/mol. The van der Waals surface area contributed by atoms with Gasteiger partial charge in [-0.25, -0.2) is 4.79 Å². The fourth-order valence-electron chi connectivity index (χ4n) is 2.92. The minimum absolute atomic E-state index is 0.0133. The number of carbonyl (C=O) groups is 1. The normalized spacial score (nSPS) is 25.7. The lowest BCUT2D eigenvalue weighted by Crippen LogP contribution is -2.25. The van der Waals surface area contributed by atoms with Crippen LogP contribution in [0.25, 0.3) is 0 Å². The Hall–Kier alpha value is -2.42. The van der Waals surface area contributed by atoms with Crippen molar-refractivity contribution in [3.8, 4) is 0 Å². The number of carbonyl (C=O) groups excluding carboxylic acids is 1. The fraction of sp³-hybridized carbons (Fsp3) is 0.316. The Bertz CT molecular complexity index is 854. The molecule has 2 fully saturated rings. The lowest BCUT2D eigenvalue weighted by molar-refractivity contribution is -0.384. The van der Waals surface area contributed by atoms with E-state index in [1.54, 1.807) is 11.8 Å². The summed E-state index contributed by atoms with van der Waals surface area (Å²) in [7, 11) is 0. The van der Waals surface area contributed by atoms with E-state index in [2.05, 4.69) is 0 Å². The molecule has 0 saturated carbocycles. The van der Waals surface area contributed by atoms with E-state index in [9.17, 15) is 14.9 Å². The number of hydrogen-bond acceptors (Lipinski definition) is 7. The van der Waals surface area contributed by atoms with Crippen molar-refractivity contribution in [2.24, 2.45) is 0 Å². The summed E-state index contributed by atoms with van der Waals surface area (Å²) in [5.74, 6) is -0.541. The van der Waals surface area contributed by atoms with Gasteiger partial charge in [-0.3, -0.25) is 10.1 Å². The Morgan fingerprint density at radius 1 is 1.11 bits per heavy atom. The van der Waals surface area contributed by atoms with E-state index in [-0.39, 0.29) is 41.6 Å². The highest BCUT2D eigenvalue weighted by Gasteiger charge is 2.58. The zero-order valence-corrected chi connectivity index (χ0v) is 15.3. The third-order valence-electron chi connectivity index (χ3n) is 4.47. The lowest BCUT2D eigenvalue weighted by Gasteiger charge is -2.17. The van der Waals surface area contributed by atoms with Gasteiger partial charge in [-0.1, -0.05) is 29.5 Å². The number of aryl methyl sites for hydroxylation is 1. The average molecular weight is 387 g/mol. The minimum Gasteiger partial charge on any atom is -0.459 e. The molecule has 8 heteroatoms. The van der Waals surface area contributed by atoms with E-state index >= 15 is 0 Å². The standard InChI is InChI=1S/C19H17NO6S/c1-11-2-8-14(9-3-11)27-19-17-16(26-17)15(25-19)10-24-18(21)12-4-6-13(7-5-12)20(22)23/h2-9,15-17,19H,10H2,1H3/t15-,16-,17-,19-/m1/s1. The van der Waals surface area contributed by atoms with E-state index in [1.807, 2.05) is 31.2 Å². The maximum Gasteiger partial charge on any atom is 0.338 e. The lowest BCUT2D eigenvalue weighted by atomic mass is 10.2. The summed E-state index contributed by atoms with van der Waals surface area (Å²) in [6.07, 6.45) is -0.350. The van der Waals surface area contributed by atoms with E-state index in [0.29, 0.717) is 0 Å². The molecule has 0 aromatic heterocycles. The van der Waals surface area contributed by atoms with Crippen molar-refractivity contribution < 1.29 is 23.9 Å². The Morgan fingerprint density at radius 2 is 1.81 bits per heavy atom. The summed E-state index contributed by atoms with van der Waals surface area (Å²) in [6, 6.07) is 13.5. The van der Waals surface area contributed by atoms with Gasteiger partial charge in [0, 0.05) is 17.0 Å². The Labute approximate surface area is 159 Å². The Morgan fingerprint density at radius 3 is 2.48 bits per heavy atom. The molecule has 4 rings (SSSR count). The summed E-state index contributed by atoms with van der Waals surface area (Å²) in [5, 5.41) is 10.7. The molecule has 2 saturated heterocycles. The predicted octanol–water partition coefficient (Wildman–Crippen LogP) is 3.34. The molecular weight excluding hydrogens is 370 g/mol. The quantitative estimate of drug-likeness (QED) is 0.325. The first kappa shape index (κ1) is 18.0. The van der Waals surface area contributed by atoms with Crippen molar-refractivity contribution in [3.05, 3.63) is 69.8 Å². The first-order chi connectivity index (χ1) is 13.0. The monoisotopic (exact) mass is 387 g/mol. The second-order valence-corrected chi connectivity index (χ2v) is 7.61. The molecule has 0 bridgehead atoms. The topological polar surface area (TPSA) is 91.2 Å². The second kappa shape index (κ2) is 7.30. The molecule has 7 nitrogen and oxygen atoms in total. The van der Waals surface area contributed by atoms with Crippen LogP contribution in [0.15, 0.2) is 53.4 Å². The van der Waals surface area contributed by atoms with Crippen molar-refractivity contribution in [3.63, 3.8) is 0 Å². The Kier molecular flexibility index (Phi) is 4.86. The van der Waals surface area contributed by atoms with E-state index in [4.69, 9.17) is 14.2 Å². The van der Waals surface area contributed by atoms with Gasteiger partial charge < -0.3 is 14.2 Å². The summed E-state index contributed by atoms with van der Waals surface area (Å²) >= 11 is 1.60. The zero-order valence-electron chi connectivity index (χ0n) is 14.4. The highest BCUT2D eigenvalue weighted by Crippen LogP contribution is 2.46. The van der Waals surface area contributed by atoms with Crippen molar-refractivity contribution >= 4 is 23.4 Å². The fourth-order valence-corrected chi connectivity index (χ4v) is 4.03. The number of esters is 1. The highest BCUT2D eigenvalue weighted by molar-refractivity contribution is 7.99. The van der Waals surface area contributed by atoms with Crippen molar-refractivity contribution in [1.29, 1.82) is 0 Å². The van der Waals surface area contributed by atoms with Crippen LogP contribution in [0.4, 0.5) is 5.69 Å². The number of epoxide rings is 1. The number of ether oxygens (including phenoxy) is 3.